The zero-order chi connectivity index (χ0) is 76.0. The van der Waals surface area contributed by atoms with Gasteiger partial charge < -0.3 is 89.9 Å². The van der Waals surface area contributed by atoms with Gasteiger partial charge >= 0.3 is 0 Å². The molecule has 3 aliphatic rings. The van der Waals surface area contributed by atoms with Gasteiger partial charge in [0.05, 0.1) is 38.6 Å². The molecule has 17 atom stereocenters. The summed E-state index contributed by atoms with van der Waals surface area (Å²) in [5.41, 5.74) is 0. The van der Waals surface area contributed by atoms with Crippen molar-refractivity contribution in [2.24, 2.45) is 0 Å². The second-order valence-corrected chi connectivity index (χ2v) is 30.3. The molecule has 3 rings (SSSR count). The summed E-state index contributed by atoms with van der Waals surface area (Å²) in [4.78, 5) is 13.5. The lowest BCUT2D eigenvalue weighted by atomic mass is 9.96. The Bertz CT molecular complexity index is 2180. The maximum atomic E-state index is 13.5. The van der Waals surface area contributed by atoms with Crippen molar-refractivity contribution in [3.8, 4) is 0 Å². The molecule has 17 unspecified atom stereocenters. The predicted molar refractivity (Wildman–Crippen MR) is 420 cm³/mol. The molecule has 0 saturated carbocycles. The van der Waals surface area contributed by atoms with Gasteiger partial charge in [0.25, 0.3) is 0 Å². The highest BCUT2D eigenvalue weighted by atomic mass is 16.8. The van der Waals surface area contributed by atoms with Gasteiger partial charge in [-0.15, -0.1) is 0 Å². The standard InChI is InChI=1S/C86H155NO18/c1-3-5-7-9-11-13-15-17-19-21-23-24-25-26-27-28-29-30-31-32-33-34-35-36-37-38-39-40-41-42-43-44-46-48-50-52-54-56-58-60-62-64-74(92)87-69(70(91)63-61-59-57-55-53-51-49-47-45-22-20-18-16-14-12-10-8-6-4-2)68-100-84-80(98)77(95)82(72(66-89)102-84)105-86-81(99)78(96)83(73(67-90)103-86)104-85-79(97)76(94)75(93)71(65-88)101-85/h5,7,11,13,17,19,23-24,26-27,61,63,69-73,75-86,88-91,93-99H,3-4,6,8-10,12,14-16,18,20-22,25,28-60,62,64-68H2,1-2H3,(H,87,92)/b7-5-,13-11-,19-17-,24-23-,27-26-,63-61+. The third kappa shape index (κ3) is 45.4. The van der Waals surface area contributed by atoms with E-state index in [2.05, 4.69) is 79.9 Å². The summed E-state index contributed by atoms with van der Waals surface area (Å²) in [5.74, 6) is -0.270. The molecule has 105 heavy (non-hydrogen) atoms. The van der Waals surface area contributed by atoms with Crippen LogP contribution in [0.4, 0.5) is 0 Å². The van der Waals surface area contributed by atoms with E-state index in [1.54, 1.807) is 6.08 Å². The Morgan fingerprint density at radius 3 is 1.03 bits per heavy atom. The summed E-state index contributed by atoms with van der Waals surface area (Å²) in [7, 11) is 0. The quantitative estimate of drug-likeness (QED) is 0.0199. The lowest BCUT2D eigenvalue weighted by molar-refractivity contribution is -0.379. The molecule has 0 bridgehead atoms. The third-order valence-electron chi connectivity index (χ3n) is 21.0. The van der Waals surface area contributed by atoms with Gasteiger partial charge in [-0.3, -0.25) is 4.79 Å². The number of aliphatic hydroxyl groups is 11. The molecule has 0 aromatic rings. The van der Waals surface area contributed by atoms with E-state index in [9.17, 15) is 61.0 Å². The lowest BCUT2D eigenvalue weighted by Crippen LogP contribution is -2.66. The highest BCUT2D eigenvalue weighted by Gasteiger charge is 2.54. The van der Waals surface area contributed by atoms with Crippen LogP contribution in [0.5, 0.6) is 0 Å². The van der Waals surface area contributed by atoms with E-state index in [0.29, 0.717) is 6.42 Å². The molecular formula is C86H155NO18. The molecule has 0 spiro atoms. The van der Waals surface area contributed by atoms with E-state index in [1.165, 1.54) is 231 Å². The van der Waals surface area contributed by atoms with Crippen LogP contribution in [0.2, 0.25) is 0 Å². The molecule has 3 heterocycles. The van der Waals surface area contributed by atoms with Gasteiger partial charge in [0, 0.05) is 6.42 Å². The molecule has 3 aliphatic heterocycles. The van der Waals surface area contributed by atoms with E-state index in [-0.39, 0.29) is 18.9 Å². The van der Waals surface area contributed by atoms with Crippen molar-refractivity contribution >= 4 is 5.91 Å². The number of carbonyl (C=O) groups excluding carboxylic acids is 1. The SMILES string of the molecule is CC/C=C\C/C=C\C/C=C\C/C=C\C/C=C\CCCCCCCCCCCCCCCCCCCCCCCCCCCC(=O)NC(COC1OC(CO)C(OC2OC(CO)C(OC3OC(CO)C(O)C(O)C3O)C(O)C2O)C(O)C1O)C(O)/C=C/CCCCCCCCCCCCCCCCCCC. The number of amides is 1. The van der Waals surface area contributed by atoms with Gasteiger partial charge in [-0.1, -0.05) is 337 Å². The summed E-state index contributed by atoms with van der Waals surface area (Å²) in [6.07, 6.45) is 60.5. The van der Waals surface area contributed by atoms with E-state index >= 15 is 0 Å². The number of aliphatic hydroxyl groups excluding tert-OH is 11. The molecule has 0 aliphatic carbocycles. The molecule has 3 saturated heterocycles. The average molecular weight is 1490 g/mol. The second kappa shape index (κ2) is 65.9. The Morgan fingerprint density at radius 1 is 0.352 bits per heavy atom. The summed E-state index contributed by atoms with van der Waals surface area (Å²) in [6.45, 7) is 1.66. The van der Waals surface area contributed by atoms with Crippen LogP contribution in [-0.2, 0) is 33.2 Å². The molecule has 12 N–H and O–H groups in total. The number of ether oxygens (including phenoxy) is 6. The molecule has 0 aromatic carbocycles. The zero-order valence-corrected chi connectivity index (χ0v) is 65.7. The third-order valence-corrected chi connectivity index (χ3v) is 21.0. The molecule has 1 amide bonds. The smallest absolute Gasteiger partial charge is 0.220 e. The highest BCUT2D eigenvalue weighted by Crippen LogP contribution is 2.33. The van der Waals surface area contributed by atoms with Crippen molar-refractivity contribution in [2.75, 3.05) is 26.4 Å². The topological polar surface area (TPSA) is 307 Å². The maximum Gasteiger partial charge on any atom is 0.220 e. The van der Waals surface area contributed by atoms with Crippen LogP contribution in [0.15, 0.2) is 72.9 Å². The number of nitrogens with one attached hydrogen (secondary N) is 1. The minimum absolute atomic E-state index is 0.246. The van der Waals surface area contributed by atoms with Gasteiger partial charge in [-0.2, -0.15) is 0 Å². The zero-order valence-electron chi connectivity index (χ0n) is 65.7. The number of carbonyl (C=O) groups is 1. The summed E-state index contributed by atoms with van der Waals surface area (Å²) in [5, 5.41) is 121. The first-order valence-electron chi connectivity index (χ1n) is 42.7. The van der Waals surface area contributed by atoms with Crippen LogP contribution in [0, 0.1) is 0 Å². The Kier molecular flexibility index (Phi) is 60.5. The molecule has 612 valence electrons. The Morgan fingerprint density at radius 2 is 0.657 bits per heavy atom. The fourth-order valence-electron chi connectivity index (χ4n) is 14.2. The second-order valence-electron chi connectivity index (χ2n) is 30.3. The lowest BCUT2D eigenvalue weighted by Gasteiger charge is -2.48. The number of hydrogen-bond acceptors (Lipinski definition) is 18. The minimum atomic E-state index is -1.98. The van der Waals surface area contributed by atoms with Crippen LogP contribution in [0.25, 0.3) is 0 Å². The molecule has 19 nitrogen and oxygen atoms in total. The number of rotatable bonds is 68. The first-order valence-corrected chi connectivity index (χ1v) is 42.7. The van der Waals surface area contributed by atoms with Crippen LogP contribution < -0.4 is 5.32 Å². The van der Waals surface area contributed by atoms with Crippen molar-refractivity contribution in [1.29, 1.82) is 0 Å². The maximum absolute atomic E-state index is 13.5. The minimum Gasteiger partial charge on any atom is -0.394 e. The average Bonchev–Trinajstić information content (AvgIpc) is 0.781. The Balaban J connectivity index is 1.29. The summed E-state index contributed by atoms with van der Waals surface area (Å²) < 4.78 is 34.5. The van der Waals surface area contributed by atoms with Crippen molar-refractivity contribution < 1.29 is 89.4 Å². The van der Waals surface area contributed by atoms with Crippen molar-refractivity contribution in [1.82, 2.24) is 5.32 Å². The molecule has 0 aromatic heterocycles. The summed E-state index contributed by atoms with van der Waals surface area (Å²) >= 11 is 0. The van der Waals surface area contributed by atoms with Gasteiger partial charge in [-0.25, -0.2) is 0 Å². The van der Waals surface area contributed by atoms with Crippen LogP contribution in [-0.4, -0.2) is 193 Å². The van der Waals surface area contributed by atoms with E-state index < -0.39 is 124 Å². The van der Waals surface area contributed by atoms with Crippen LogP contribution >= 0.6 is 0 Å². The number of hydrogen-bond donors (Lipinski definition) is 12. The molecule has 3 fully saturated rings. The Labute approximate surface area is 636 Å². The first kappa shape index (κ1) is 96.4. The van der Waals surface area contributed by atoms with Crippen molar-refractivity contribution in [3.63, 3.8) is 0 Å². The molecule has 0 radical (unpaired) electrons. The summed E-state index contributed by atoms with van der Waals surface area (Å²) in [6, 6.07) is -0.974. The van der Waals surface area contributed by atoms with E-state index in [1.807, 2.05) is 6.08 Å². The Hall–Kier alpha value is -2.77. The van der Waals surface area contributed by atoms with E-state index in [0.717, 1.165) is 77.0 Å². The van der Waals surface area contributed by atoms with Crippen LogP contribution in [0.1, 0.15) is 335 Å². The van der Waals surface area contributed by atoms with Crippen molar-refractivity contribution in [2.45, 2.75) is 439 Å². The molecular weight excluding hydrogens is 1330 g/mol. The normalized spacial score (nSPS) is 26.1. The van der Waals surface area contributed by atoms with Crippen LogP contribution in [0.3, 0.4) is 0 Å². The first-order chi connectivity index (χ1) is 51.3. The largest absolute Gasteiger partial charge is 0.394 e. The predicted octanol–water partition coefficient (Wildman–Crippen LogP) is 15.2. The van der Waals surface area contributed by atoms with Gasteiger partial charge in [0.15, 0.2) is 18.9 Å². The number of unbranched alkanes of at least 4 members (excludes halogenated alkanes) is 42. The highest BCUT2D eigenvalue weighted by molar-refractivity contribution is 5.76. The van der Waals surface area contributed by atoms with E-state index in [4.69, 9.17) is 28.4 Å². The van der Waals surface area contributed by atoms with Gasteiger partial charge in [0.2, 0.25) is 5.91 Å². The van der Waals surface area contributed by atoms with Gasteiger partial charge in [-0.05, 0) is 64.2 Å². The molecule has 19 heteroatoms. The monoisotopic (exact) mass is 1490 g/mol. The van der Waals surface area contributed by atoms with Gasteiger partial charge in [0.1, 0.15) is 73.2 Å². The number of allylic oxidation sites excluding steroid dienone is 11. The fraction of sp³-hybridized carbons (Fsp3) is 0.849. The fourth-order valence-corrected chi connectivity index (χ4v) is 14.2. The van der Waals surface area contributed by atoms with Crippen molar-refractivity contribution in [3.05, 3.63) is 72.9 Å².